The Bertz CT molecular complexity index is 966. The molecule has 0 spiro atoms. The van der Waals surface area contributed by atoms with Crippen molar-refractivity contribution in [3.05, 3.63) is 59.2 Å². The molecule has 0 radical (unpaired) electrons. The molecule has 10 heteroatoms. The fraction of sp³-hybridized carbons (Fsp3) is 0.429. The summed E-state index contributed by atoms with van der Waals surface area (Å²) in [5.41, 5.74) is 1.65. The van der Waals surface area contributed by atoms with Gasteiger partial charge in [0.25, 0.3) is 10.0 Å². The Morgan fingerprint density at radius 1 is 0.935 bits per heavy atom. The fourth-order valence-electron chi connectivity index (χ4n) is 3.53. The first-order valence-electron chi connectivity index (χ1n) is 9.79. The molecule has 2 aromatic rings. The molecular formula is C21H25ClF4N2O2S. The zero-order chi connectivity index (χ0) is 21.8. The van der Waals surface area contributed by atoms with Crippen LogP contribution in [-0.2, 0) is 29.0 Å². The number of anilines is 1. The SMILES string of the molecule is Cl.O=S(=O)(Nc1ccc2c(c1)CCN(CCCCF)CC2)c1ccc(C(F)(F)F)cc1. The van der Waals surface area contributed by atoms with Crippen molar-refractivity contribution in [1.29, 1.82) is 0 Å². The van der Waals surface area contributed by atoms with Crippen LogP contribution in [0.2, 0.25) is 0 Å². The smallest absolute Gasteiger partial charge is 0.303 e. The van der Waals surface area contributed by atoms with Gasteiger partial charge >= 0.3 is 6.18 Å². The summed E-state index contributed by atoms with van der Waals surface area (Å²) in [6.07, 6.45) is -1.57. The van der Waals surface area contributed by atoms with Gasteiger partial charge in [0, 0.05) is 18.8 Å². The third-order valence-corrected chi connectivity index (χ3v) is 6.60. The van der Waals surface area contributed by atoms with Crippen molar-refractivity contribution in [2.45, 2.75) is 36.8 Å². The molecule has 31 heavy (non-hydrogen) atoms. The highest BCUT2D eigenvalue weighted by Crippen LogP contribution is 2.30. The summed E-state index contributed by atoms with van der Waals surface area (Å²) in [6, 6.07) is 8.73. The molecule has 1 aliphatic heterocycles. The van der Waals surface area contributed by atoms with Crippen molar-refractivity contribution in [2.24, 2.45) is 0 Å². The Morgan fingerprint density at radius 3 is 2.19 bits per heavy atom. The number of benzene rings is 2. The van der Waals surface area contributed by atoms with E-state index in [1.165, 1.54) is 0 Å². The molecule has 172 valence electrons. The van der Waals surface area contributed by atoms with E-state index >= 15 is 0 Å². The van der Waals surface area contributed by atoms with Gasteiger partial charge in [-0.25, -0.2) is 8.42 Å². The number of nitrogens with one attached hydrogen (secondary N) is 1. The maximum absolute atomic E-state index is 12.7. The van der Waals surface area contributed by atoms with E-state index in [0.717, 1.165) is 74.3 Å². The van der Waals surface area contributed by atoms with Gasteiger partial charge in [0.05, 0.1) is 17.1 Å². The molecule has 1 aliphatic rings. The Labute approximate surface area is 186 Å². The molecule has 2 aromatic carbocycles. The number of hydrogen-bond acceptors (Lipinski definition) is 3. The maximum atomic E-state index is 12.7. The predicted octanol–water partition coefficient (Wildman–Crippen LogP) is 5.08. The lowest BCUT2D eigenvalue weighted by atomic mass is 10.0. The third kappa shape index (κ3) is 6.82. The summed E-state index contributed by atoms with van der Waals surface area (Å²) >= 11 is 0. The van der Waals surface area contributed by atoms with E-state index in [0.29, 0.717) is 12.1 Å². The molecule has 0 atom stereocenters. The van der Waals surface area contributed by atoms with E-state index in [1.807, 2.05) is 6.07 Å². The van der Waals surface area contributed by atoms with Crippen molar-refractivity contribution in [2.75, 3.05) is 31.0 Å². The average molecular weight is 481 g/mol. The van der Waals surface area contributed by atoms with Crippen LogP contribution < -0.4 is 4.72 Å². The molecule has 0 aromatic heterocycles. The van der Waals surface area contributed by atoms with Crippen LogP contribution in [0.4, 0.5) is 23.2 Å². The van der Waals surface area contributed by atoms with E-state index in [-0.39, 0.29) is 24.0 Å². The summed E-state index contributed by atoms with van der Waals surface area (Å²) in [4.78, 5) is 2.05. The van der Waals surface area contributed by atoms with Gasteiger partial charge in [-0.2, -0.15) is 13.2 Å². The van der Waals surface area contributed by atoms with Crippen molar-refractivity contribution in [3.63, 3.8) is 0 Å². The van der Waals surface area contributed by atoms with Gasteiger partial charge < -0.3 is 4.90 Å². The topological polar surface area (TPSA) is 49.4 Å². The van der Waals surface area contributed by atoms with Gasteiger partial charge in [0.1, 0.15) is 0 Å². The standard InChI is InChI=1S/C21H24F4N2O2S.ClH/c22-11-1-2-12-27-13-9-16-3-6-19(15-17(16)10-14-27)26-30(28,29)20-7-4-18(5-8-20)21(23,24)25;/h3-8,15,26H,1-2,9-14H2;1H. The summed E-state index contributed by atoms with van der Waals surface area (Å²) in [7, 11) is -4.00. The van der Waals surface area contributed by atoms with Gasteiger partial charge in [-0.05, 0) is 79.8 Å². The number of sulfonamides is 1. The second-order valence-corrected chi connectivity index (χ2v) is 9.03. The lowest BCUT2D eigenvalue weighted by Gasteiger charge is -2.18. The number of alkyl halides is 4. The maximum Gasteiger partial charge on any atom is 0.416 e. The number of nitrogens with zero attached hydrogens (tertiary/aromatic N) is 1. The molecule has 4 nitrogen and oxygen atoms in total. The quantitative estimate of drug-likeness (QED) is 0.444. The Hall–Kier alpha value is -1.84. The van der Waals surface area contributed by atoms with Crippen LogP contribution in [0.5, 0.6) is 0 Å². The van der Waals surface area contributed by atoms with Crippen LogP contribution in [-0.4, -0.2) is 39.6 Å². The lowest BCUT2D eigenvalue weighted by Crippen LogP contribution is -2.27. The number of rotatable bonds is 7. The van der Waals surface area contributed by atoms with E-state index < -0.39 is 21.8 Å². The summed E-state index contributed by atoms with van der Waals surface area (Å²) < 4.78 is 77.9. The van der Waals surface area contributed by atoms with Gasteiger partial charge in [0.15, 0.2) is 0 Å². The zero-order valence-corrected chi connectivity index (χ0v) is 18.4. The second-order valence-electron chi connectivity index (χ2n) is 7.35. The van der Waals surface area contributed by atoms with Crippen molar-refractivity contribution in [1.82, 2.24) is 4.90 Å². The fourth-order valence-corrected chi connectivity index (χ4v) is 4.58. The monoisotopic (exact) mass is 480 g/mol. The number of hydrogen-bond donors (Lipinski definition) is 1. The third-order valence-electron chi connectivity index (χ3n) is 5.20. The minimum absolute atomic E-state index is 0. The zero-order valence-electron chi connectivity index (χ0n) is 16.8. The molecule has 0 saturated heterocycles. The molecule has 1 N–H and O–H groups in total. The molecule has 0 amide bonds. The largest absolute Gasteiger partial charge is 0.416 e. The van der Waals surface area contributed by atoms with E-state index in [9.17, 15) is 26.0 Å². The highest BCUT2D eigenvalue weighted by molar-refractivity contribution is 7.92. The number of fused-ring (bicyclic) bond motifs is 1. The van der Waals surface area contributed by atoms with E-state index in [4.69, 9.17) is 0 Å². The normalized spacial score (nSPS) is 15.0. The van der Waals surface area contributed by atoms with Gasteiger partial charge in [0.2, 0.25) is 0 Å². The highest BCUT2D eigenvalue weighted by Gasteiger charge is 2.30. The summed E-state index contributed by atoms with van der Waals surface area (Å²) in [5.74, 6) is 0. The van der Waals surface area contributed by atoms with E-state index in [2.05, 4.69) is 9.62 Å². The molecule has 3 rings (SSSR count). The number of unbranched alkanes of at least 4 members (excludes halogenated alkanes) is 1. The number of halogens is 5. The van der Waals surface area contributed by atoms with Crippen LogP contribution in [0.25, 0.3) is 0 Å². The van der Waals surface area contributed by atoms with Gasteiger partial charge in [-0.1, -0.05) is 6.07 Å². The van der Waals surface area contributed by atoms with Crippen molar-refractivity contribution in [3.8, 4) is 0 Å². The van der Waals surface area contributed by atoms with Crippen LogP contribution in [0.15, 0.2) is 47.4 Å². The van der Waals surface area contributed by atoms with Crippen LogP contribution >= 0.6 is 12.4 Å². The molecule has 0 bridgehead atoms. The minimum atomic E-state index is -4.52. The van der Waals surface area contributed by atoms with Crippen LogP contribution in [0.3, 0.4) is 0 Å². The van der Waals surface area contributed by atoms with Crippen molar-refractivity contribution < 1.29 is 26.0 Å². The lowest BCUT2D eigenvalue weighted by molar-refractivity contribution is -0.137. The second kappa shape index (κ2) is 10.7. The highest BCUT2D eigenvalue weighted by atomic mass is 35.5. The first-order chi connectivity index (χ1) is 14.2. The van der Waals surface area contributed by atoms with Gasteiger partial charge in [-0.3, -0.25) is 9.11 Å². The van der Waals surface area contributed by atoms with Crippen molar-refractivity contribution >= 4 is 28.1 Å². The van der Waals surface area contributed by atoms with Crippen LogP contribution in [0, 0.1) is 0 Å². The first-order valence-corrected chi connectivity index (χ1v) is 11.3. The predicted molar refractivity (Wildman–Crippen MR) is 115 cm³/mol. The summed E-state index contributed by atoms with van der Waals surface area (Å²) in [6.45, 7) is 2.21. The summed E-state index contributed by atoms with van der Waals surface area (Å²) in [5, 5.41) is 0. The molecular weight excluding hydrogens is 456 g/mol. The van der Waals surface area contributed by atoms with Gasteiger partial charge in [-0.15, -0.1) is 12.4 Å². The molecule has 0 aliphatic carbocycles. The minimum Gasteiger partial charge on any atom is -0.303 e. The first kappa shape index (κ1) is 25.4. The average Bonchev–Trinajstić information content (AvgIpc) is 2.89. The Morgan fingerprint density at radius 2 is 1.58 bits per heavy atom. The van der Waals surface area contributed by atoms with E-state index in [1.54, 1.807) is 12.1 Å². The Kier molecular flexibility index (Phi) is 8.73. The Balaban J connectivity index is 0.00000341. The molecule has 0 unspecified atom stereocenters. The molecule has 0 fully saturated rings. The van der Waals surface area contributed by atoms with Crippen LogP contribution in [0.1, 0.15) is 29.5 Å². The molecule has 1 heterocycles. The molecule has 0 saturated carbocycles.